The maximum Gasteiger partial charge on any atom is 0.433 e. The molecule has 1 amide bonds. The van der Waals surface area contributed by atoms with Crippen molar-refractivity contribution in [2.75, 3.05) is 33.3 Å². The number of carbonyl (C=O) groups excluding carboxylic acids is 1. The minimum Gasteiger partial charge on any atom is -0.497 e. The van der Waals surface area contributed by atoms with Crippen molar-refractivity contribution in [2.24, 2.45) is 0 Å². The number of rotatable bonds is 5. The van der Waals surface area contributed by atoms with Crippen LogP contribution in [0.25, 0.3) is 16.9 Å². The molecular weight excluding hydrogens is 542 g/mol. The van der Waals surface area contributed by atoms with Gasteiger partial charge in [0, 0.05) is 53.9 Å². The zero-order chi connectivity index (χ0) is 27.0. The Bertz CT molecular complexity index is 1460. The molecule has 12 heteroatoms. The molecule has 38 heavy (non-hydrogen) atoms. The Morgan fingerprint density at radius 1 is 1.03 bits per heavy atom. The third kappa shape index (κ3) is 5.16. The van der Waals surface area contributed by atoms with Crippen molar-refractivity contribution in [1.29, 1.82) is 0 Å². The van der Waals surface area contributed by atoms with Gasteiger partial charge in [-0.25, -0.2) is 9.50 Å². The SMILES string of the molecule is COc1ccc(-c2cc(C(F)(F)F)n3ncc(C(=O)N4CCN(Cc5c(Cl)cccc5Cl)CC4)c3n2)cc1. The molecule has 0 saturated carbocycles. The van der Waals surface area contributed by atoms with Crippen LogP contribution in [0.3, 0.4) is 0 Å². The van der Waals surface area contributed by atoms with E-state index in [4.69, 9.17) is 27.9 Å². The van der Waals surface area contributed by atoms with Crippen molar-refractivity contribution < 1.29 is 22.7 Å². The average molecular weight is 564 g/mol. The van der Waals surface area contributed by atoms with Crippen LogP contribution in [0.2, 0.25) is 10.0 Å². The molecule has 0 bridgehead atoms. The maximum atomic E-state index is 13.9. The molecule has 1 aliphatic heterocycles. The Kier molecular flexibility index (Phi) is 7.21. The third-order valence-corrected chi connectivity index (χ3v) is 7.19. The van der Waals surface area contributed by atoms with E-state index >= 15 is 0 Å². The lowest BCUT2D eigenvalue weighted by Gasteiger charge is -2.34. The molecule has 4 aromatic rings. The van der Waals surface area contributed by atoms with Gasteiger partial charge in [-0.3, -0.25) is 9.69 Å². The van der Waals surface area contributed by atoms with Gasteiger partial charge in [0.05, 0.1) is 19.0 Å². The molecule has 0 N–H and O–H groups in total. The zero-order valence-corrected chi connectivity index (χ0v) is 21.7. The maximum absolute atomic E-state index is 13.9. The topological polar surface area (TPSA) is 63.0 Å². The van der Waals surface area contributed by atoms with E-state index in [1.807, 2.05) is 0 Å². The van der Waals surface area contributed by atoms with Crippen LogP contribution in [0, 0.1) is 0 Å². The van der Waals surface area contributed by atoms with E-state index in [-0.39, 0.29) is 16.9 Å². The number of hydrogen-bond acceptors (Lipinski definition) is 5. The minimum absolute atomic E-state index is 0.00783. The molecule has 1 aliphatic rings. The lowest BCUT2D eigenvalue weighted by atomic mass is 10.1. The van der Waals surface area contributed by atoms with Crippen molar-refractivity contribution in [3.05, 3.63) is 81.6 Å². The van der Waals surface area contributed by atoms with Gasteiger partial charge in [-0.05, 0) is 42.5 Å². The van der Waals surface area contributed by atoms with Crippen LogP contribution < -0.4 is 4.74 Å². The fraction of sp³-hybridized carbons (Fsp3) is 0.269. The second kappa shape index (κ2) is 10.4. The summed E-state index contributed by atoms with van der Waals surface area (Å²) in [6.45, 7) is 2.37. The van der Waals surface area contributed by atoms with Crippen molar-refractivity contribution in [3.63, 3.8) is 0 Å². The summed E-state index contributed by atoms with van der Waals surface area (Å²) in [5.74, 6) is 0.130. The Morgan fingerprint density at radius 2 is 1.68 bits per heavy atom. The van der Waals surface area contributed by atoms with Crippen LogP contribution in [-0.2, 0) is 12.7 Å². The highest BCUT2D eigenvalue weighted by molar-refractivity contribution is 6.35. The molecule has 2 aromatic carbocycles. The summed E-state index contributed by atoms with van der Waals surface area (Å²) in [6, 6.07) is 12.7. The summed E-state index contributed by atoms with van der Waals surface area (Å²) in [6.07, 6.45) is -3.56. The molecule has 0 radical (unpaired) electrons. The van der Waals surface area contributed by atoms with Gasteiger partial charge in [0.15, 0.2) is 11.3 Å². The standard InChI is InChI=1S/C26H22Cl2F3N5O2/c1-38-17-7-5-16(6-8-17)22-13-23(26(29,30)31)36-24(33-22)18(14-32-36)25(37)35-11-9-34(10-12-35)15-19-20(27)3-2-4-21(19)28/h2-8,13-14H,9-12,15H2,1H3. The lowest BCUT2D eigenvalue weighted by molar-refractivity contribution is -0.142. The van der Waals surface area contributed by atoms with Gasteiger partial charge in [-0.1, -0.05) is 29.3 Å². The number of nitrogens with zero attached hydrogens (tertiary/aromatic N) is 5. The normalized spacial score (nSPS) is 14.7. The Morgan fingerprint density at radius 3 is 2.29 bits per heavy atom. The van der Waals surface area contributed by atoms with Gasteiger partial charge >= 0.3 is 6.18 Å². The summed E-state index contributed by atoms with van der Waals surface area (Å²) in [5, 5.41) is 5.02. The van der Waals surface area contributed by atoms with Crippen molar-refractivity contribution in [3.8, 4) is 17.0 Å². The summed E-state index contributed by atoms with van der Waals surface area (Å²) in [5.41, 5.74) is 0.171. The largest absolute Gasteiger partial charge is 0.497 e. The Balaban J connectivity index is 1.41. The highest BCUT2D eigenvalue weighted by atomic mass is 35.5. The van der Waals surface area contributed by atoms with E-state index < -0.39 is 17.8 Å². The number of amides is 1. The predicted molar refractivity (Wildman–Crippen MR) is 138 cm³/mol. The number of aromatic nitrogens is 3. The van der Waals surface area contributed by atoms with Crippen LogP contribution in [0.5, 0.6) is 5.75 Å². The number of ether oxygens (including phenoxy) is 1. The molecule has 0 spiro atoms. The Hall–Kier alpha value is -3.34. The van der Waals surface area contributed by atoms with Gasteiger partial charge in [-0.2, -0.15) is 18.3 Å². The molecule has 2 aromatic heterocycles. The molecule has 1 saturated heterocycles. The lowest BCUT2D eigenvalue weighted by Crippen LogP contribution is -2.48. The molecule has 0 unspecified atom stereocenters. The first-order valence-electron chi connectivity index (χ1n) is 11.7. The number of piperazine rings is 1. The van der Waals surface area contributed by atoms with Gasteiger partial charge in [0.25, 0.3) is 5.91 Å². The minimum atomic E-state index is -4.71. The second-order valence-corrected chi connectivity index (χ2v) is 9.63. The zero-order valence-electron chi connectivity index (χ0n) is 20.2. The van der Waals surface area contributed by atoms with E-state index in [2.05, 4.69) is 15.0 Å². The molecule has 1 fully saturated rings. The van der Waals surface area contributed by atoms with Crippen LogP contribution in [0.4, 0.5) is 13.2 Å². The Labute approximate surface area is 226 Å². The van der Waals surface area contributed by atoms with Crippen LogP contribution in [0.1, 0.15) is 21.6 Å². The first kappa shape index (κ1) is 26.3. The molecule has 7 nitrogen and oxygen atoms in total. The highest BCUT2D eigenvalue weighted by Crippen LogP contribution is 2.33. The molecule has 198 valence electrons. The highest BCUT2D eigenvalue weighted by Gasteiger charge is 2.36. The first-order chi connectivity index (χ1) is 18.2. The summed E-state index contributed by atoms with van der Waals surface area (Å²) >= 11 is 12.6. The van der Waals surface area contributed by atoms with E-state index in [1.54, 1.807) is 47.4 Å². The van der Waals surface area contributed by atoms with Gasteiger partial charge in [0.2, 0.25) is 0 Å². The smallest absolute Gasteiger partial charge is 0.433 e. The van der Waals surface area contributed by atoms with Crippen molar-refractivity contribution in [1.82, 2.24) is 24.4 Å². The number of fused-ring (bicyclic) bond motifs is 1. The van der Waals surface area contributed by atoms with Crippen molar-refractivity contribution in [2.45, 2.75) is 12.7 Å². The quantitative estimate of drug-likeness (QED) is 0.312. The van der Waals surface area contributed by atoms with Crippen LogP contribution >= 0.6 is 23.2 Å². The molecular formula is C26H22Cl2F3N5O2. The van der Waals surface area contributed by atoms with E-state index in [1.165, 1.54) is 7.11 Å². The average Bonchev–Trinajstić information content (AvgIpc) is 3.33. The summed E-state index contributed by atoms with van der Waals surface area (Å²) < 4.78 is 47.6. The van der Waals surface area contributed by atoms with Crippen LogP contribution in [-0.4, -0.2) is 63.6 Å². The van der Waals surface area contributed by atoms with Crippen LogP contribution in [0.15, 0.2) is 54.7 Å². The monoisotopic (exact) mass is 563 g/mol. The number of methoxy groups -OCH3 is 1. The third-order valence-electron chi connectivity index (χ3n) is 6.48. The number of halogens is 5. The summed E-state index contributed by atoms with van der Waals surface area (Å²) in [4.78, 5) is 21.5. The fourth-order valence-electron chi connectivity index (χ4n) is 4.41. The molecule has 3 heterocycles. The predicted octanol–water partition coefficient (Wildman–Crippen LogP) is 5.69. The van der Waals surface area contributed by atoms with E-state index in [0.29, 0.717) is 58.6 Å². The number of hydrogen-bond donors (Lipinski definition) is 0. The number of benzene rings is 2. The molecule has 5 rings (SSSR count). The fourth-order valence-corrected chi connectivity index (χ4v) is 4.93. The number of carbonyl (C=O) groups is 1. The summed E-state index contributed by atoms with van der Waals surface area (Å²) in [7, 11) is 1.50. The van der Waals surface area contributed by atoms with Gasteiger partial charge < -0.3 is 9.64 Å². The molecule has 0 atom stereocenters. The van der Waals surface area contributed by atoms with E-state index in [0.717, 1.165) is 17.8 Å². The number of alkyl halides is 3. The van der Waals surface area contributed by atoms with Crippen molar-refractivity contribution >= 4 is 34.8 Å². The first-order valence-corrected chi connectivity index (χ1v) is 12.5. The van der Waals surface area contributed by atoms with E-state index in [9.17, 15) is 18.0 Å². The van der Waals surface area contributed by atoms with Gasteiger partial charge in [-0.15, -0.1) is 0 Å². The second-order valence-electron chi connectivity index (χ2n) is 8.82. The van der Waals surface area contributed by atoms with Gasteiger partial charge in [0.1, 0.15) is 11.3 Å². The molecule has 0 aliphatic carbocycles.